The van der Waals surface area contributed by atoms with Gasteiger partial charge in [0.1, 0.15) is 5.82 Å². The van der Waals surface area contributed by atoms with Crippen LogP contribution in [0.25, 0.3) is 11.0 Å². The van der Waals surface area contributed by atoms with Crippen molar-refractivity contribution < 1.29 is 9.59 Å². The molecule has 1 fully saturated rings. The number of likely N-dealkylation sites (tertiary alicyclic amines) is 1. The number of H-pyrrole nitrogens is 1. The Kier molecular flexibility index (Phi) is 5.21. The second-order valence-corrected chi connectivity index (χ2v) is 7.37. The molecule has 0 saturated carbocycles. The van der Waals surface area contributed by atoms with Crippen LogP contribution in [-0.4, -0.2) is 39.6 Å². The molecule has 0 unspecified atom stereocenters. The molecular formula is C22H24N4O2. The number of aromatic amines is 1. The zero-order valence-corrected chi connectivity index (χ0v) is 15.9. The van der Waals surface area contributed by atoms with Gasteiger partial charge in [0.15, 0.2) is 5.78 Å². The number of imidazole rings is 1. The maximum Gasteiger partial charge on any atom is 0.227 e. The van der Waals surface area contributed by atoms with E-state index in [1.165, 1.54) is 6.92 Å². The van der Waals surface area contributed by atoms with Gasteiger partial charge in [-0.25, -0.2) is 4.98 Å². The number of benzene rings is 2. The normalized spacial score (nSPS) is 15.6. The minimum Gasteiger partial charge on any atom is -0.341 e. The summed E-state index contributed by atoms with van der Waals surface area (Å²) in [6.07, 6.45) is 1.66. The number of nitrogens with one attached hydrogen (secondary N) is 2. The van der Waals surface area contributed by atoms with Crippen molar-refractivity contribution in [1.82, 2.24) is 14.9 Å². The molecule has 1 aliphatic rings. The van der Waals surface area contributed by atoms with E-state index < -0.39 is 0 Å². The smallest absolute Gasteiger partial charge is 0.227 e. The van der Waals surface area contributed by atoms with E-state index in [2.05, 4.69) is 20.2 Å². The third-order valence-corrected chi connectivity index (χ3v) is 5.33. The molecule has 3 aromatic rings. The van der Waals surface area contributed by atoms with E-state index in [9.17, 15) is 9.59 Å². The average molecular weight is 376 g/mol. The molecule has 0 bridgehead atoms. The molecule has 28 heavy (non-hydrogen) atoms. The van der Waals surface area contributed by atoms with Gasteiger partial charge >= 0.3 is 0 Å². The van der Waals surface area contributed by atoms with Crippen LogP contribution in [0.2, 0.25) is 0 Å². The highest BCUT2D eigenvalue weighted by molar-refractivity contribution is 5.96. The number of ketones is 1. The molecule has 4 rings (SSSR count). The van der Waals surface area contributed by atoms with Crippen molar-refractivity contribution in [3.8, 4) is 0 Å². The SMILES string of the molecule is CC(=O)c1ccc(NC(=O)C2CCN(Cc3nc4ccccc4[nH]3)CC2)cc1. The van der Waals surface area contributed by atoms with Gasteiger partial charge in [-0.05, 0) is 69.3 Å². The Balaban J connectivity index is 1.29. The molecule has 144 valence electrons. The third-order valence-electron chi connectivity index (χ3n) is 5.33. The van der Waals surface area contributed by atoms with Crippen molar-refractivity contribution in [3.63, 3.8) is 0 Å². The van der Waals surface area contributed by atoms with Gasteiger partial charge in [0, 0.05) is 17.2 Å². The van der Waals surface area contributed by atoms with E-state index in [1.54, 1.807) is 24.3 Å². The predicted molar refractivity (Wildman–Crippen MR) is 109 cm³/mol. The quantitative estimate of drug-likeness (QED) is 0.667. The van der Waals surface area contributed by atoms with Crippen LogP contribution in [0.1, 0.15) is 35.9 Å². The van der Waals surface area contributed by atoms with Gasteiger partial charge < -0.3 is 10.3 Å². The zero-order valence-electron chi connectivity index (χ0n) is 15.9. The fourth-order valence-electron chi connectivity index (χ4n) is 3.68. The lowest BCUT2D eigenvalue weighted by Crippen LogP contribution is -2.38. The first kappa shape index (κ1) is 18.4. The summed E-state index contributed by atoms with van der Waals surface area (Å²) in [6, 6.07) is 15.1. The number of para-hydroxylation sites is 2. The van der Waals surface area contributed by atoms with Crippen molar-refractivity contribution in [1.29, 1.82) is 0 Å². The van der Waals surface area contributed by atoms with Crippen molar-refractivity contribution >= 4 is 28.4 Å². The average Bonchev–Trinajstić information content (AvgIpc) is 3.11. The predicted octanol–water partition coefficient (Wildman–Crippen LogP) is 3.62. The Bertz CT molecular complexity index is 952. The number of fused-ring (bicyclic) bond motifs is 1. The maximum absolute atomic E-state index is 12.6. The summed E-state index contributed by atoms with van der Waals surface area (Å²) < 4.78 is 0. The standard InChI is InChI=1S/C22H24N4O2/c1-15(27)16-6-8-18(9-7-16)23-22(28)17-10-12-26(13-11-17)14-21-24-19-4-2-3-5-20(19)25-21/h2-9,17H,10-14H2,1H3,(H,23,28)(H,24,25). The largest absolute Gasteiger partial charge is 0.341 e. The van der Waals surface area contributed by atoms with Crippen LogP contribution < -0.4 is 5.32 Å². The van der Waals surface area contributed by atoms with Crippen LogP contribution in [-0.2, 0) is 11.3 Å². The number of aromatic nitrogens is 2. The first-order valence-corrected chi connectivity index (χ1v) is 9.66. The van der Waals surface area contributed by atoms with Gasteiger partial charge in [-0.3, -0.25) is 14.5 Å². The molecule has 0 radical (unpaired) electrons. The van der Waals surface area contributed by atoms with E-state index in [0.29, 0.717) is 5.56 Å². The highest BCUT2D eigenvalue weighted by atomic mass is 16.2. The number of hydrogen-bond donors (Lipinski definition) is 2. The van der Waals surface area contributed by atoms with Crippen LogP contribution in [0.5, 0.6) is 0 Å². The second-order valence-electron chi connectivity index (χ2n) is 7.37. The summed E-state index contributed by atoms with van der Waals surface area (Å²) in [6.45, 7) is 4.05. The number of anilines is 1. The summed E-state index contributed by atoms with van der Waals surface area (Å²) in [4.78, 5) is 34.2. The Morgan fingerprint density at radius 1 is 1.11 bits per heavy atom. The van der Waals surface area contributed by atoms with Crippen molar-refractivity contribution in [2.24, 2.45) is 5.92 Å². The number of piperidine rings is 1. The van der Waals surface area contributed by atoms with Crippen molar-refractivity contribution in [2.75, 3.05) is 18.4 Å². The highest BCUT2D eigenvalue weighted by Gasteiger charge is 2.25. The monoisotopic (exact) mass is 376 g/mol. The summed E-state index contributed by atoms with van der Waals surface area (Å²) in [5.41, 5.74) is 3.43. The van der Waals surface area contributed by atoms with Crippen LogP contribution in [0.15, 0.2) is 48.5 Å². The number of carbonyl (C=O) groups excluding carboxylic acids is 2. The maximum atomic E-state index is 12.6. The van der Waals surface area contributed by atoms with Crippen LogP contribution >= 0.6 is 0 Å². The van der Waals surface area contributed by atoms with Gasteiger partial charge in [-0.2, -0.15) is 0 Å². The minimum absolute atomic E-state index is 0.0133. The Hall–Kier alpha value is -2.99. The summed E-state index contributed by atoms with van der Waals surface area (Å²) in [5.74, 6) is 1.06. The van der Waals surface area contributed by atoms with Crippen molar-refractivity contribution in [2.45, 2.75) is 26.3 Å². The van der Waals surface area contributed by atoms with Gasteiger partial charge in [0.25, 0.3) is 0 Å². The van der Waals surface area contributed by atoms with Gasteiger partial charge in [-0.15, -0.1) is 0 Å². The topological polar surface area (TPSA) is 78.1 Å². The lowest BCUT2D eigenvalue weighted by atomic mass is 9.95. The molecule has 2 aromatic carbocycles. The van der Waals surface area contributed by atoms with E-state index >= 15 is 0 Å². The molecule has 1 aliphatic heterocycles. The summed E-state index contributed by atoms with van der Waals surface area (Å²) >= 11 is 0. The second kappa shape index (κ2) is 7.94. The molecule has 6 nitrogen and oxygen atoms in total. The first-order valence-electron chi connectivity index (χ1n) is 9.66. The molecule has 0 spiro atoms. The van der Waals surface area contributed by atoms with E-state index in [4.69, 9.17) is 0 Å². The molecule has 1 aromatic heterocycles. The van der Waals surface area contributed by atoms with E-state index in [1.807, 2.05) is 24.3 Å². The lowest BCUT2D eigenvalue weighted by Gasteiger charge is -2.30. The Labute approximate surface area is 164 Å². The summed E-state index contributed by atoms with van der Waals surface area (Å²) in [5, 5.41) is 2.97. The van der Waals surface area contributed by atoms with Crippen molar-refractivity contribution in [3.05, 3.63) is 59.9 Å². The molecule has 0 atom stereocenters. The van der Waals surface area contributed by atoms with Gasteiger partial charge in [-0.1, -0.05) is 12.1 Å². The molecular weight excluding hydrogens is 352 g/mol. The van der Waals surface area contributed by atoms with Gasteiger partial charge in [0.05, 0.1) is 17.6 Å². The lowest BCUT2D eigenvalue weighted by molar-refractivity contribution is -0.121. The highest BCUT2D eigenvalue weighted by Crippen LogP contribution is 2.21. The van der Waals surface area contributed by atoms with Crippen LogP contribution in [0, 0.1) is 5.92 Å². The number of carbonyl (C=O) groups is 2. The number of nitrogens with zero attached hydrogens (tertiary/aromatic N) is 2. The molecule has 6 heteroatoms. The number of amides is 1. The van der Waals surface area contributed by atoms with E-state index in [-0.39, 0.29) is 17.6 Å². The third kappa shape index (κ3) is 4.12. The molecule has 2 heterocycles. The Morgan fingerprint density at radius 2 is 1.82 bits per heavy atom. The number of Topliss-reactive ketones (excluding diaryl/α,β-unsaturated/α-hetero) is 1. The molecule has 0 aliphatic carbocycles. The first-order chi connectivity index (χ1) is 13.6. The van der Waals surface area contributed by atoms with Crippen LogP contribution in [0.4, 0.5) is 5.69 Å². The fourth-order valence-corrected chi connectivity index (χ4v) is 3.68. The zero-order chi connectivity index (χ0) is 19.5. The van der Waals surface area contributed by atoms with Crippen LogP contribution in [0.3, 0.4) is 0 Å². The molecule has 1 amide bonds. The molecule has 1 saturated heterocycles. The van der Waals surface area contributed by atoms with Gasteiger partial charge in [0.2, 0.25) is 5.91 Å². The fraction of sp³-hybridized carbons (Fsp3) is 0.318. The summed E-state index contributed by atoms with van der Waals surface area (Å²) in [7, 11) is 0. The number of hydrogen-bond acceptors (Lipinski definition) is 4. The molecule has 2 N–H and O–H groups in total. The Morgan fingerprint density at radius 3 is 2.50 bits per heavy atom. The minimum atomic E-state index is 0.0133. The van der Waals surface area contributed by atoms with E-state index in [0.717, 1.165) is 55.0 Å². The number of rotatable bonds is 5.